The molecule has 0 aliphatic rings. The van der Waals surface area contributed by atoms with Gasteiger partial charge in [-0.1, -0.05) is 0 Å². The van der Waals surface area contributed by atoms with E-state index in [0.29, 0.717) is 0 Å². The molecular weight excluding hydrogens is 211 g/mol. The average molecular weight is 217 g/mol. The van der Waals surface area contributed by atoms with Gasteiger partial charge in [0.15, 0.2) is 0 Å². The quantitative estimate of drug-likeness (QED) is 0.278. The molecule has 9 heteroatoms. The molecule has 1 radical (unpaired) electrons. The Hall–Kier alpha value is 2.62. The SMILES string of the molecule is F.O=P(O)(O)O.[H-].[H-].[Na+].[Na+].[V]. The molecule has 0 aliphatic heterocycles. The molecule has 0 saturated carbocycles. The third-order valence-corrected chi connectivity index (χ3v) is 0. The van der Waals surface area contributed by atoms with Gasteiger partial charge < -0.3 is 17.5 Å². The van der Waals surface area contributed by atoms with Gasteiger partial charge in [0.05, 0.1) is 0 Å². The first-order valence-corrected chi connectivity index (χ1v) is 2.35. The zero-order chi connectivity index (χ0) is 4.50. The van der Waals surface area contributed by atoms with Crippen LogP contribution in [0.2, 0.25) is 0 Å². The van der Waals surface area contributed by atoms with Gasteiger partial charge in [-0.25, -0.2) is 4.57 Å². The van der Waals surface area contributed by atoms with Crippen LogP contribution in [0.25, 0.3) is 0 Å². The van der Waals surface area contributed by atoms with Crippen molar-refractivity contribution >= 4 is 7.82 Å². The number of hydrogen-bond acceptors (Lipinski definition) is 1. The second-order valence-corrected chi connectivity index (χ2v) is 1.54. The molecule has 49 valence electrons. The van der Waals surface area contributed by atoms with Gasteiger partial charge in [-0.2, -0.15) is 0 Å². The Morgan fingerprint density at radius 2 is 1.11 bits per heavy atom. The molecule has 0 rings (SSSR count). The third-order valence-electron chi connectivity index (χ3n) is 0. The fraction of sp³-hybridized carbons (Fsp3) is 0. The predicted octanol–water partition coefficient (Wildman–Crippen LogP) is -6.55. The molecule has 0 spiro atoms. The van der Waals surface area contributed by atoms with Crippen LogP contribution in [0.1, 0.15) is 2.85 Å². The largest absolute Gasteiger partial charge is 1.00 e. The van der Waals surface area contributed by atoms with E-state index in [4.69, 9.17) is 19.2 Å². The second-order valence-electron chi connectivity index (χ2n) is 0.513. The summed E-state index contributed by atoms with van der Waals surface area (Å²) in [5.74, 6) is 0. The molecule has 0 unspecified atom stereocenters. The molecule has 0 fully saturated rings. The zero-order valence-corrected chi connectivity index (χ0v) is 11.3. The van der Waals surface area contributed by atoms with E-state index in [9.17, 15) is 0 Å². The topological polar surface area (TPSA) is 77.8 Å². The smallest absolute Gasteiger partial charge is 1.00 e. The Kier molecular flexibility index (Phi) is 44.0. The Morgan fingerprint density at radius 1 is 1.11 bits per heavy atom. The summed E-state index contributed by atoms with van der Waals surface area (Å²) in [6.07, 6.45) is 0. The van der Waals surface area contributed by atoms with E-state index in [0.717, 1.165) is 0 Å². The van der Waals surface area contributed by atoms with Crippen molar-refractivity contribution in [2.75, 3.05) is 0 Å². The number of halogens is 1. The summed E-state index contributed by atoms with van der Waals surface area (Å²) in [7, 11) is -4.64. The van der Waals surface area contributed by atoms with Gasteiger partial charge in [0.1, 0.15) is 0 Å². The first-order valence-electron chi connectivity index (χ1n) is 0.783. The summed E-state index contributed by atoms with van der Waals surface area (Å²) in [4.78, 5) is 21.6. The third kappa shape index (κ3) is 115. The molecular formula is H6FNa2O4PV. The van der Waals surface area contributed by atoms with Gasteiger partial charge in [-0.15, -0.1) is 0 Å². The second kappa shape index (κ2) is 13.2. The maximum absolute atomic E-state index is 8.88. The minimum atomic E-state index is -4.64. The molecule has 0 aromatic rings. The number of phosphoric acid groups is 1. The maximum Gasteiger partial charge on any atom is 1.00 e. The van der Waals surface area contributed by atoms with Crippen molar-refractivity contribution in [2.24, 2.45) is 0 Å². The average Bonchev–Trinajstić information content (AvgIpc) is 0.722. The summed E-state index contributed by atoms with van der Waals surface area (Å²) in [6.45, 7) is 0. The summed E-state index contributed by atoms with van der Waals surface area (Å²) in [5.41, 5.74) is 0. The van der Waals surface area contributed by atoms with Crippen LogP contribution in [-0.4, -0.2) is 14.7 Å². The van der Waals surface area contributed by atoms with E-state index in [1.165, 1.54) is 0 Å². The van der Waals surface area contributed by atoms with Crippen LogP contribution in [0.4, 0.5) is 4.70 Å². The van der Waals surface area contributed by atoms with Crippen molar-refractivity contribution in [1.29, 1.82) is 0 Å². The summed E-state index contributed by atoms with van der Waals surface area (Å²) < 4.78 is 8.88. The van der Waals surface area contributed by atoms with Crippen LogP contribution in [0.3, 0.4) is 0 Å². The van der Waals surface area contributed by atoms with E-state index in [2.05, 4.69) is 0 Å². The standard InChI is InChI=1S/FH.2Na.H3O4P.V.2H/c;;;1-5(2,3)4;;;/h1H;;;(H3,1,2,3,4);;;/q;2*+1;;;2*-1. The fourth-order valence-corrected chi connectivity index (χ4v) is 0. The molecule has 4 nitrogen and oxygen atoms in total. The van der Waals surface area contributed by atoms with Crippen molar-refractivity contribution in [1.82, 2.24) is 0 Å². The number of rotatable bonds is 0. The maximum atomic E-state index is 8.88. The predicted molar refractivity (Wildman–Crippen MR) is 19.0 cm³/mol. The van der Waals surface area contributed by atoms with Crippen molar-refractivity contribution < 1.29 is 104 Å². The summed E-state index contributed by atoms with van der Waals surface area (Å²) in [5, 5.41) is 0. The van der Waals surface area contributed by atoms with Gasteiger partial charge in [-0.3, -0.25) is 4.70 Å². The molecule has 0 heterocycles. The Balaban J connectivity index is -0.00000000533. The van der Waals surface area contributed by atoms with Gasteiger partial charge in [0.2, 0.25) is 0 Å². The number of hydrogen-bond donors (Lipinski definition) is 3. The van der Waals surface area contributed by atoms with Gasteiger partial charge in [-0.05, 0) is 0 Å². The van der Waals surface area contributed by atoms with Crippen LogP contribution < -0.4 is 59.1 Å². The minimum Gasteiger partial charge on any atom is -1.00 e. The fourth-order valence-electron chi connectivity index (χ4n) is 0. The van der Waals surface area contributed by atoms with Crippen LogP contribution >= 0.6 is 7.82 Å². The first kappa shape index (κ1) is 29.9. The summed E-state index contributed by atoms with van der Waals surface area (Å²) in [6, 6.07) is 0. The van der Waals surface area contributed by atoms with Crippen LogP contribution in [-0.2, 0) is 23.1 Å². The Bertz CT molecular complexity index is 72.2. The molecule has 0 aromatic carbocycles. The van der Waals surface area contributed by atoms with E-state index < -0.39 is 7.82 Å². The molecule has 0 atom stereocenters. The molecule has 0 aliphatic carbocycles. The Morgan fingerprint density at radius 3 is 1.11 bits per heavy atom. The van der Waals surface area contributed by atoms with Crippen molar-refractivity contribution in [2.45, 2.75) is 0 Å². The minimum absolute atomic E-state index is 0. The molecule has 9 heavy (non-hydrogen) atoms. The Labute approximate surface area is 111 Å². The van der Waals surface area contributed by atoms with Crippen LogP contribution in [0.15, 0.2) is 0 Å². The molecule has 0 bridgehead atoms. The molecule has 0 saturated heterocycles. The van der Waals surface area contributed by atoms with Crippen LogP contribution in [0.5, 0.6) is 0 Å². The van der Waals surface area contributed by atoms with Crippen LogP contribution in [0, 0.1) is 0 Å². The molecule has 0 aromatic heterocycles. The van der Waals surface area contributed by atoms with Gasteiger partial charge >= 0.3 is 66.9 Å². The normalized spacial score (nSPS) is 6.56. The zero-order valence-electron chi connectivity index (χ0n) is 7.05. The first-order chi connectivity index (χ1) is 2.00. The molecule has 3 N–H and O–H groups in total. The van der Waals surface area contributed by atoms with E-state index >= 15 is 0 Å². The van der Waals surface area contributed by atoms with Gasteiger partial charge in [0.25, 0.3) is 0 Å². The monoisotopic (exact) mass is 217 g/mol. The summed E-state index contributed by atoms with van der Waals surface area (Å²) >= 11 is 0. The molecule has 0 amide bonds. The van der Waals surface area contributed by atoms with Gasteiger partial charge in [0, 0.05) is 18.6 Å². The van der Waals surface area contributed by atoms with E-state index in [-0.39, 0.29) is 85.2 Å². The van der Waals surface area contributed by atoms with Crippen molar-refractivity contribution in [3.05, 3.63) is 0 Å². The van der Waals surface area contributed by atoms with Crippen molar-refractivity contribution in [3.63, 3.8) is 0 Å². The van der Waals surface area contributed by atoms with Crippen molar-refractivity contribution in [3.8, 4) is 0 Å². The van der Waals surface area contributed by atoms with E-state index in [1.807, 2.05) is 0 Å². The van der Waals surface area contributed by atoms with E-state index in [1.54, 1.807) is 0 Å².